The predicted octanol–water partition coefficient (Wildman–Crippen LogP) is 2.52. The standard InChI is InChI=1S/C19H34N4O3S/c1-7-8-14(22-17(26)15(24)19(4,5)6)16(25)23-18-21-11-13(27-18)10-20-9-12(2)3/h11-12,14-15,20,24H,7-10H2,1-6H3,(H,22,26)(H,21,23,25)/t14-,15+/m0/s1. The number of hydrogen-bond donors (Lipinski definition) is 4. The van der Waals surface area contributed by atoms with E-state index in [2.05, 4.69) is 34.8 Å². The highest BCUT2D eigenvalue weighted by molar-refractivity contribution is 7.15. The highest BCUT2D eigenvalue weighted by atomic mass is 32.1. The van der Waals surface area contributed by atoms with E-state index in [-0.39, 0.29) is 5.91 Å². The fourth-order valence-electron chi connectivity index (χ4n) is 2.32. The van der Waals surface area contributed by atoms with Crippen LogP contribution in [0.3, 0.4) is 0 Å². The zero-order valence-corrected chi connectivity index (χ0v) is 18.1. The minimum Gasteiger partial charge on any atom is -0.383 e. The second-order valence-electron chi connectivity index (χ2n) is 8.26. The molecule has 0 bridgehead atoms. The van der Waals surface area contributed by atoms with Crippen molar-refractivity contribution in [2.24, 2.45) is 11.3 Å². The van der Waals surface area contributed by atoms with Crippen LogP contribution in [0.4, 0.5) is 5.13 Å². The molecule has 1 aromatic rings. The predicted molar refractivity (Wildman–Crippen MR) is 110 cm³/mol. The number of aliphatic hydroxyl groups is 1. The van der Waals surface area contributed by atoms with Crippen LogP contribution in [0.5, 0.6) is 0 Å². The van der Waals surface area contributed by atoms with Crippen molar-refractivity contribution < 1.29 is 14.7 Å². The number of aliphatic hydroxyl groups excluding tert-OH is 1. The van der Waals surface area contributed by atoms with E-state index >= 15 is 0 Å². The summed E-state index contributed by atoms with van der Waals surface area (Å²) in [6.07, 6.45) is 1.78. The van der Waals surface area contributed by atoms with Crippen LogP contribution in [0.15, 0.2) is 6.20 Å². The van der Waals surface area contributed by atoms with E-state index in [9.17, 15) is 14.7 Å². The lowest BCUT2D eigenvalue weighted by molar-refractivity contribution is -0.137. The topological polar surface area (TPSA) is 103 Å². The third kappa shape index (κ3) is 8.36. The van der Waals surface area contributed by atoms with Crippen LogP contribution in [0.25, 0.3) is 0 Å². The second kappa shape index (κ2) is 10.7. The number of nitrogens with zero attached hydrogens (tertiary/aromatic N) is 1. The van der Waals surface area contributed by atoms with Crippen molar-refractivity contribution in [2.75, 3.05) is 11.9 Å². The average Bonchev–Trinajstić information content (AvgIpc) is 2.99. The monoisotopic (exact) mass is 398 g/mol. The number of nitrogens with one attached hydrogen (secondary N) is 3. The first kappa shape index (κ1) is 23.5. The fraction of sp³-hybridized carbons (Fsp3) is 0.737. The smallest absolute Gasteiger partial charge is 0.250 e. The molecule has 154 valence electrons. The van der Waals surface area contributed by atoms with Crippen LogP contribution in [-0.2, 0) is 16.1 Å². The van der Waals surface area contributed by atoms with Gasteiger partial charge in [0.25, 0.3) is 0 Å². The highest BCUT2D eigenvalue weighted by Gasteiger charge is 2.31. The molecule has 4 N–H and O–H groups in total. The van der Waals surface area contributed by atoms with Crippen molar-refractivity contribution in [1.29, 1.82) is 0 Å². The molecule has 1 aromatic heterocycles. The van der Waals surface area contributed by atoms with Gasteiger partial charge in [-0.2, -0.15) is 0 Å². The van der Waals surface area contributed by atoms with Gasteiger partial charge in [-0.25, -0.2) is 4.98 Å². The molecular weight excluding hydrogens is 364 g/mol. The Morgan fingerprint density at radius 3 is 2.48 bits per heavy atom. The van der Waals surface area contributed by atoms with E-state index in [1.165, 1.54) is 11.3 Å². The minimum absolute atomic E-state index is 0.317. The fourth-order valence-corrected chi connectivity index (χ4v) is 3.11. The van der Waals surface area contributed by atoms with Crippen LogP contribution in [0.1, 0.15) is 59.3 Å². The van der Waals surface area contributed by atoms with Crippen molar-refractivity contribution in [1.82, 2.24) is 15.6 Å². The lowest BCUT2D eigenvalue weighted by Crippen LogP contribution is -2.50. The molecule has 1 rings (SSSR count). The number of anilines is 1. The Hall–Kier alpha value is -1.51. The molecule has 0 aliphatic heterocycles. The van der Waals surface area contributed by atoms with Crippen LogP contribution < -0.4 is 16.0 Å². The summed E-state index contributed by atoms with van der Waals surface area (Å²) in [6.45, 7) is 13.2. The molecule has 0 saturated heterocycles. The largest absolute Gasteiger partial charge is 0.383 e. The Kier molecular flexibility index (Phi) is 9.35. The first-order valence-corrected chi connectivity index (χ1v) is 10.3. The molecule has 0 aliphatic rings. The summed E-state index contributed by atoms with van der Waals surface area (Å²) in [5, 5.41) is 19.4. The van der Waals surface area contributed by atoms with Crippen LogP contribution >= 0.6 is 11.3 Å². The van der Waals surface area contributed by atoms with Crippen LogP contribution in [0.2, 0.25) is 0 Å². The molecule has 0 aliphatic carbocycles. The van der Waals surface area contributed by atoms with Gasteiger partial charge in [-0.1, -0.05) is 48.0 Å². The summed E-state index contributed by atoms with van der Waals surface area (Å²) < 4.78 is 0. The van der Waals surface area contributed by atoms with E-state index in [1.807, 2.05) is 6.92 Å². The molecule has 7 nitrogen and oxygen atoms in total. The van der Waals surface area contributed by atoms with E-state index in [1.54, 1.807) is 27.0 Å². The summed E-state index contributed by atoms with van der Waals surface area (Å²) in [5.41, 5.74) is -0.593. The average molecular weight is 399 g/mol. The van der Waals surface area contributed by atoms with E-state index < -0.39 is 23.5 Å². The minimum atomic E-state index is -1.18. The van der Waals surface area contributed by atoms with Gasteiger partial charge in [0, 0.05) is 17.6 Å². The summed E-state index contributed by atoms with van der Waals surface area (Å²) in [5.74, 6) is -0.282. The molecule has 8 heteroatoms. The zero-order valence-electron chi connectivity index (χ0n) is 17.3. The molecule has 0 aromatic carbocycles. The van der Waals surface area contributed by atoms with Gasteiger partial charge in [0.05, 0.1) is 0 Å². The Morgan fingerprint density at radius 1 is 1.26 bits per heavy atom. The Balaban J connectivity index is 2.65. The Bertz CT molecular complexity index is 610. The first-order valence-electron chi connectivity index (χ1n) is 9.49. The number of carbonyl (C=O) groups excluding carboxylic acids is 2. The van der Waals surface area contributed by atoms with Gasteiger partial charge < -0.3 is 21.1 Å². The summed E-state index contributed by atoms with van der Waals surface area (Å²) >= 11 is 1.41. The maximum atomic E-state index is 12.6. The van der Waals surface area contributed by atoms with Gasteiger partial charge >= 0.3 is 0 Å². The van der Waals surface area contributed by atoms with Crippen molar-refractivity contribution in [2.45, 2.75) is 73.1 Å². The summed E-state index contributed by atoms with van der Waals surface area (Å²) in [6, 6.07) is -0.703. The molecule has 0 radical (unpaired) electrons. The van der Waals surface area contributed by atoms with Crippen molar-refractivity contribution in [3.8, 4) is 0 Å². The van der Waals surface area contributed by atoms with Gasteiger partial charge in [0.15, 0.2) is 5.13 Å². The number of hydrogen-bond acceptors (Lipinski definition) is 6. The number of rotatable bonds is 10. The molecule has 27 heavy (non-hydrogen) atoms. The highest BCUT2D eigenvalue weighted by Crippen LogP contribution is 2.20. The molecule has 2 atom stereocenters. The maximum Gasteiger partial charge on any atom is 0.250 e. The zero-order chi connectivity index (χ0) is 20.6. The number of aromatic nitrogens is 1. The van der Waals surface area contributed by atoms with E-state index in [4.69, 9.17) is 0 Å². The molecule has 0 spiro atoms. The number of amides is 2. The first-order chi connectivity index (χ1) is 12.5. The molecule has 0 saturated carbocycles. The molecule has 0 fully saturated rings. The summed E-state index contributed by atoms with van der Waals surface area (Å²) in [4.78, 5) is 30.1. The van der Waals surface area contributed by atoms with E-state index in [0.29, 0.717) is 24.0 Å². The molecule has 2 amide bonds. The van der Waals surface area contributed by atoms with Crippen molar-refractivity contribution >= 4 is 28.3 Å². The molecular formula is C19H34N4O3S. The Morgan fingerprint density at radius 2 is 1.93 bits per heavy atom. The van der Waals surface area contributed by atoms with E-state index in [0.717, 1.165) is 17.8 Å². The van der Waals surface area contributed by atoms with Gasteiger partial charge in [-0.05, 0) is 24.3 Å². The van der Waals surface area contributed by atoms with Crippen LogP contribution in [-0.4, -0.2) is 40.6 Å². The van der Waals surface area contributed by atoms with Gasteiger partial charge in [-0.3, -0.25) is 9.59 Å². The van der Waals surface area contributed by atoms with Gasteiger partial charge in [0.2, 0.25) is 11.8 Å². The van der Waals surface area contributed by atoms with Crippen LogP contribution in [0, 0.1) is 11.3 Å². The quantitative estimate of drug-likeness (QED) is 0.485. The van der Waals surface area contributed by atoms with Crippen molar-refractivity contribution in [3.63, 3.8) is 0 Å². The second-order valence-corrected chi connectivity index (χ2v) is 9.38. The summed E-state index contributed by atoms with van der Waals surface area (Å²) in [7, 11) is 0. The lowest BCUT2D eigenvalue weighted by atomic mass is 9.88. The normalized spacial score (nSPS) is 14.1. The lowest BCUT2D eigenvalue weighted by Gasteiger charge is -2.26. The third-order valence-corrected chi connectivity index (χ3v) is 4.83. The third-order valence-electron chi connectivity index (χ3n) is 3.91. The van der Waals surface area contributed by atoms with Gasteiger partial charge in [0.1, 0.15) is 12.1 Å². The Labute approximate surface area is 166 Å². The number of carbonyl (C=O) groups is 2. The SMILES string of the molecule is CCC[C@H](NC(=O)[C@@H](O)C(C)(C)C)C(=O)Nc1ncc(CNCC(C)C)s1. The van der Waals surface area contributed by atoms with Crippen molar-refractivity contribution in [3.05, 3.63) is 11.1 Å². The maximum absolute atomic E-state index is 12.6. The number of thiazole rings is 1. The molecule has 1 heterocycles. The van der Waals surface area contributed by atoms with Gasteiger partial charge in [-0.15, -0.1) is 11.3 Å². The molecule has 0 unspecified atom stereocenters.